The Bertz CT molecular complexity index is 396. The summed E-state index contributed by atoms with van der Waals surface area (Å²) in [6, 6.07) is 3.56. The monoisotopic (exact) mass is 279 g/mol. The van der Waals surface area contributed by atoms with Crippen molar-refractivity contribution in [1.29, 1.82) is 0 Å². The minimum absolute atomic E-state index is 0.0906. The van der Waals surface area contributed by atoms with Crippen LogP contribution in [0.2, 0.25) is 0 Å². The Morgan fingerprint density at radius 3 is 2.85 bits per heavy atom. The Morgan fingerprint density at radius 2 is 2.10 bits per heavy atom. The molecule has 0 radical (unpaired) electrons. The van der Waals surface area contributed by atoms with Crippen LogP contribution in [0.3, 0.4) is 0 Å². The molecule has 0 atom stereocenters. The molecule has 0 spiro atoms. The molecule has 0 aliphatic carbocycles. The van der Waals surface area contributed by atoms with Crippen molar-refractivity contribution in [3.8, 4) is 0 Å². The van der Waals surface area contributed by atoms with E-state index < -0.39 is 0 Å². The molecule has 1 aromatic heterocycles. The molecule has 1 heterocycles. The van der Waals surface area contributed by atoms with Gasteiger partial charge in [-0.3, -0.25) is 4.79 Å². The van der Waals surface area contributed by atoms with Gasteiger partial charge in [0.15, 0.2) is 0 Å². The molecule has 0 aromatic carbocycles. The molecule has 1 aromatic rings. The van der Waals surface area contributed by atoms with Gasteiger partial charge < -0.3 is 15.4 Å². The standard InChI is InChI=1S/C15H25N3O2/c1-3-8-16-14-13(7-5-9-17-14)15(19)18-10-6-12-20-11-4-2/h5,7,9H,3-4,6,8,10-12H2,1-2H3,(H,16,17)(H,18,19). The van der Waals surface area contributed by atoms with Gasteiger partial charge in [0.25, 0.3) is 5.91 Å². The quantitative estimate of drug-likeness (QED) is 0.646. The molecule has 2 N–H and O–H groups in total. The zero-order valence-corrected chi connectivity index (χ0v) is 12.4. The molecule has 0 bridgehead atoms. The van der Waals surface area contributed by atoms with Crippen LogP contribution in [0, 0.1) is 0 Å². The summed E-state index contributed by atoms with van der Waals surface area (Å²) in [5, 5.41) is 6.06. The minimum Gasteiger partial charge on any atom is -0.381 e. The van der Waals surface area contributed by atoms with Crippen LogP contribution < -0.4 is 10.6 Å². The molecule has 0 aliphatic rings. The second kappa shape index (κ2) is 10.2. The number of anilines is 1. The summed E-state index contributed by atoms with van der Waals surface area (Å²) in [5.74, 6) is 0.557. The average Bonchev–Trinajstić information content (AvgIpc) is 2.48. The van der Waals surface area contributed by atoms with Crippen molar-refractivity contribution in [2.75, 3.05) is 31.6 Å². The molecule has 1 amide bonds. The van der Waals surface area contributed by atoms with Crippen LogP contribution in [-0.2, 0) is 4.74 Å². The number of nitrogens with one attached hydrogen (secondary N) is 2. The predicted molar refractivity (Wildman–Crippen MR) is 81.1 cm³/mol. The van der Waals surface area contributed by atoms with Crippen molar-refractivity contribution >= 4 is 11.7 Å². The first kappa shape index (κ1) is 16.4. The summed E-state index contributed by atoms with van der Waals surface area (Å²) >= 11 is 0. The summed E-state index contributed by atoms with van der Waals surface area (Å²) in [6.07, 6.45) is 4.53. The van der Waals surface area contributed by atoms with Gasteiger partial charge in [-0.05, 0) is 31.4 Å². The van der Waals surface area contributed by atoms with E-state index in [0.29, 0.717) is 24.5 Å². The van der Waals surface area contributed by atoms with E-state index in [1.807, 2.05) is 0 Å². The van der Waals surface area contributed by atoms with Gasteiger partial charge in [0.1, 0.15) is 5.82 Å². The summed E-state index contributed by atoms with van der Waals surface area (Å²) in [6.45, 7) is 7.04. The number of carbonyl (C=O) groups is 1. The maximum absolute atomic E-state index is 12.1. The fourth-order valence-electron chi connectivity index (χ4n) is 1.69. The molecule has 0 saturated heterocycles. The topological polar surface area (TPSA) is 63.2 Å². The van der Waals surface area contributed by atoms with Crippen molar-refractivity contribution < 1.29 is 9.53 Å². The van der Waals surface area contributed by atoms with E-state index in [2.05, 4.69) is 29.5 Å². The number of hydrogen-bond donors (Lipinski definition) is 2. The zero-order valence-electron chi connectivity index (χ0n) is 12.4. The average molecular weight is 279 g/mol. The van der Waals surface area contributed by atoms with Gasteiger partial charge in [0.2, 0.25) is 0 Å². The summed E-state index contributed by atoms with van der Waals surface area (Å²) in [7, 11) is 0. The lowest BCUT2D eigenvalue weighted by Gasteiger charge is -2.10. The molecule has 5 heteroatoms. The number of aromatic nitrogens is 1. The van der Waals surface area contributed by atoms with Gasteiger partial charge in [0.05, 0.1) is 5.56 Å². The Kier molecular flexibility index (Phi) is 8.38. The van der Waals surface area contributed by atoms with Gasteiger partial charge in [0, 0.05) is 32.5 Å². The molecule has 0 saturated carbocycles. The van der Waals surface area contributed by atoms with E-state index in [9.17, 15) is 4.79 Å². The van der Waals surface area contributed by atoms with E-state index in [1.165, 1.54) is 0 Å². The summed E-state index contributed by atoms with van der Waals surface area (Å²) < 4.78 is 5.37. The molecule has 1 rings (SSSR count). The molecule has 0 aliphatic heterocycles. The van der Waals surface area contributed by atoms with Crippen LogP contribution >= 0.6 is 0 Å². The Labute approximate surface area is 121 Å². The SMILES string of the molecule is CCCNc1ncccc1C(=O)NCCCOCCC. The highest BCUT2D eigenvalue weighted by Gasteiger charge is 2.10. The number of nitrogens with zero attached hydrogens (tertiary/aromatic N) is 1. The van der Waals surface area contributed by atoms with Crippen LogP contribution in [0.5, 0.6) is 0 Å². The first-order valence-electron chi connectivity index (χ1n) is 7.34. The molecule has 0 unspecified atom stereocenters. The number of amides is 1. The number of ether oxygens (including phenoxy) is 1. The van der Waals surface area contributed by atoms with E-state index in [-0.39, 0.29) is 5.91 Å². The van der Waals surface area contributed by atoms with Crippen LogP contribution in [-0.4, -0.2) is 37.2 Å². The third kappa shape index (κ3) is 6.02. The Hall–Kier alpha value is -1.62. The first-order chi connectivity index (χ1) is 9.79. The fourth-order valence-corrected chi connectivity index (χ4v) is 1.69. The maximum Gasteiger partial charge on any atom is 0.255 e. The lowest BCUT2D eigenvalue weighted by molar-refractivity contribution is 0.0942. The highest BCUT2D eigenvalue weighted by Crippen LogP contribution is 2.11. The molecular weight excluding hydrogens is 254 g/mol. The smallest absolute Gasteiger partial charge is 0.255 e. The largest absolute Gasteiger partial charge is 0.381 e. The number of carbonyl (C=O) groups excluding carboxylic acids is 1. The number of hydrogen-bond acceptors (Lipinski definition) is 4. The van der Waals surface area contributed by atoms with Crippen LogP contribution in [0.25, 0.3) is 0 Å². The van der Waals surface area contributed by atoms with Crippen molar-refractivity contribution in [2.45, 2.75) is 33.1 Å². The van der Waals surface area contributed by atoms with Crippen molar-refractivity contribution in [3.05, 3.63) is 23.9 Å². The van der Waals surface area contributed by atoms with Crippen LogP contribution in [0.15, 0.2) is 18.3 Å². The van der Waals surface area contributed by atoms with Gasteiger partial charge in [-0.1, -0.05) is 13.8 Å². The maximum atomic E-state index is 12.1. The molecular formula is C15H25N3O2. The highest BCUT2D eigenvalue weighted by molar-refractivity contribution is 5.98. The van der Waals surface area contributed by atoms with Crippen molar-refractivity contribution in [3.63, 3.8) is 0 Å². The lowest BCUT2D eigenvalue weighted by Crippen LogP contribution is -2.26. The predicted octanol–water partition coefficient (Wildman–Crippen LogP) is 2.45. The molecule has 0 fully saturated rings. The second-order valence-electron chi connectivity index (χ2n) is 4.55. The third-order valence-corrected chi connectivity index (χ3v) is 2.69. The van der Waals surface area contributed by atoms with E-state index in [0.717, 1.165) is 32.4 Å². The van der Waals surface area contributed by atoms with E-state index >= 15 is 0 Å². The van der Waals surface area contributed by atoms with E-state index in [1.54, 1.807) is 18.3 Å². The Balaban J connectivity index is 2.38. The number of rotatable bonds is 10. The Morgan fingerprint density at radius 1 is 1.25 bits per heavy atom. The molecule has 5 nitrogen and oxygen atoms in total. The van der Waals surface area contributed by atoms with Crippen molar-refractivity contribution in [1.82, 2.24) is 10.3 Å². The van der Waals surface area contributed by atoms with Gasteiger partial charge in [-0.2, -0.15) is 0 Å². The van der Waals surface area contributed by atoms with Gasteiger partial charge >= 0.3 is 0 Å². The van der Waals surface area contributed by atoms with Crippen LogP contribution in [0.1, 0.15) is 43.5 Å². The molecule has 20 heavy (non-hydrogen) atoms. The summed E-state index contributed by atoms with van der Waals surface area (Å²) in [5.41, 5.74) is 0.593. The third-order valence-electron chi connectivity index (χ3n) is 2.69. The zero-order chi connectivity index (χ0) is 14.6. The fraction of sp³-hybridized carbons (Fsp3) is 0.600. The second-order valence-corrected chi connectivity index (χ2v) is 4.55. The lowest BCUT2D eigenvalue weighted by atomic mass is 10.2. The molecule has 112 valence electrons. The first-order valence-corrected chi connectivity index (χ1v) is 7.34. The van der Waals surface area contributed by atoms with Crippen LogP contribution in [0.4, 0.5) is 5.82 Å². The van der Waals surface area contributed by atoms with E-state index in [4.69, 9.17) is 4.74 Å². The summed E-state index contributed by atoms with van der Waals surface area (Å²) in [4.78, 5) is 16.3. The van der Waals surface area contributed by atoms with Gasteiger partial charge in [-0.25, -0.2) is 4.98 Å². The van der Waals surface area contributed by atoms with Gasteiger partial charge in [-0.15, -0.1) is 0 Å². The minimum atomic E-state index is -0.0906. The highest BCUT2D eigenvalue weighted by atomic mass is 16.5. The van der Waals surface area contributed by atoms with Crippen molar-refractivity contribution in [2.24, 2.45) is 0 Å². The number of pyridine rings is 1. The normalized spacial score (nSPS) is 10.3.